The van der Waals surface area contributed by atoms with Gasteiger partial charge in [-0.3, -0.25) is 14.6 Å². The van der Waals surface area contributed by atoms with Crippen molar-refractivity contribution >= 4 is 21.7 Å². The minimum atomic E-state index is -3.94. The number of pyridine rings is 1. The predicted molar refractivity (Wildman–Crippen MR) is 86.9 cm³/mol. The highest BCUT2D eigenvalue weighted by molar-refractivity contribution is 7.90. The van der Waals surface area contributed by atoms with Crippen LogP contribution in [0.25, 0.3) is 0 Å². The Labute approximate surface area is 140 Å². The fraction of sp³-hybridized carbons (Fsp3) is 0.235. The number of sulfonamides is 1. The van der Waals surface area contributed by atoms with Gasteiger partial charge in [0.05, 0.1) is 4.90 Å². The molecule has 0 saturated heterocycles. The molecule has 7 heteroatoms. The van der Waals surface area contributed by atoms with Crippen molar-refractivity contribution in [2.45, 2.75) is 24.2 Å². The number of aromatic nitrogens is 1. The summed E-state index contributed by atoms with van der Waals surface area (Å²) in [4.78, 5) is 27.4. The molecule has 1 aromatic heterocycles. The molecule has 6 nitrogen and oxygen atoms in total. The number of Topliss-reactive ketones (excluding diaryl/α,β-unsaturated/α-hetero) is 1. The molecule has 0 spiro atoms. The Kier molecular flexibility index (Phi) is 4.19. The summed E-state index contributed by atoms with van der Waals surface area (Å²) >= 11 is 0. The number of rotatable bonds is 5. The molecule has 1 heterocycles. The van der Waals surface area contributed by atoms with Gasteiger partial charge < -0.3 is 0 Å². The second-order valence-electron chi connectivity index (χ2n) is 5.79. The van der Waals surface area contributed by atoms with Crippen LogP contribution in [0.3, 0.4) is 0 Å². The predicted octanol–water partition coefficient (Wildman–Crippen LogP) is 1.89. The molecule has 0 aliphatic heterocycles. The summed E-state index contributed by atoms with van der Waals surface area (Å²) in [5.41, 5.74) is 1.35. The lowest BCUT2D eigenvalue weighted by Crippen LogP contribution is -2.32. The molecule has 3 rings (SSSR count). The first-order valence-corrected chi connectivity index (χ1v) is 8.94. The van der Waals surface area contributed by atoms with E-state index >= 15 is 0 Å². The highest BCUT2D eigenvalue weighted by Gasteiger charge is 2.45. The van der Waals surface area contributed by atoms with Crippen molar-refractivity contribution in [3.63, 3.8) is 0 Å². The summed E-state index contributed by atoms with van der Waals surface area (Å²) in [5.74, 6) is -1.02. The maximum absolute atomic E-state index is 12.3. The van der Waals surface area contributed by atoms with Gasteiger partial charge in [0.25, 0.3) is 10.0 Å². The maximum Gasteiger partial charge on any atom is 0.264 e. The summed E-state index contributed by atoms with van der Waals surface area (Å²) in [6.07, 6.45) is 3.94. The van der Waals surface area contributed by atoms with E-state index in [0.717, 1.165) is 5.56 Å². The normalized spacial score (nSPS) is 19.5. The molecule has 124 valence electrons. The first kappa shape index (κ1) is 16.3. The van der Waals surface area contributed by atoms with Crippen LogP contribution in [0.15, 0.2) is 53.7 Å². The van der Waals surface area contributed by atoms with Crippen LogP contribution in [0, 0.1) is 5.92 Å². The standard InChI is InChI=1S/C17H16N2O4S/c1-11(20)12-4-6-14(7-5-12)24(22,23)19-17(21)16-9-15(16)13-3-2-8-18-10-13/h2-8,10,15-16H,9H2,1H3,(H,19,21)/t15-,16+/m0/s1. The lowest BCUT2D eigenvalue weighted by atomic mass is 10.1. The minimum absolute atomic E-state index is 0.00832. The summed E-state index contributed by atoms with van der Waals surface area (Å²) in [6, 6.07) is 9.15. The maximum atomic E-state index is 12.3. The van der Waals surface area contributed by atoms with E-state index in [0.29, 0.717) is 12.0 Å². The molecule has 1 aliphatic rings. The van der Waals surface area contributed by atoms with E-state index in [2.05, 4.69) is 9.71 Å². The Balaban J connectivity index is 1.69. The number of benzene rings is 1. The number of nitrogens with zero attached hydrogens (tertiary/aromatic N) is 1. The van der Waals surface area contributed by atoms with Crippen LogP contribution in [0.1, 0.15) is 35.2 Å². The largest absolute Gasteiger partial charge is 0.295 e. The molecule has 0 bridgehead atoms. The Morgan fingerprint density at radius 2 is 1.88 bits per heavy atom. The zero-order valence-electron chi connectivity index (χ0n) is 13.0. The minimum Gasteiger partial charge on any atom is -0.295 e. The highest BCUT2D eigenvalue weighted by atomic mass is 32.2. The average Bonchev–Trinajstić information content (AvgIpc) is 3.36. The fourth-order valence-corrected chi connectivity index (χ4v) is 3.61. The van der Waals surface area contributed by atoms with Crippen molar-refractivity contribution in [3.8, 4) is 0 Å². The van der Waals surface area contributed by atoms with E-state index in [4.69, 9.17) is 0 Å². The molecule has 2 atom stereocenters. The third-order valence-corrected chi connectivity index (χ3v) is 5.41. The van der Waals surface area contributed by atoms with Gasteiger partial charge in [-0.25, -0.2) is 13.1 Å². The van der Waals surface area contributed by atoms with Gasteiger partial charge in [-0.15, -0.1) is 0 Å². The molecule has 0 radical (unpaired) electrons. The van der Waals surface area contributed by atoms with Crippen LogP contribution in [0.5, 0.6) is 0 Å². The molecule has 1 aliphatic carbocycles. The monoisotopic (exact) mass is 344 g/mol. The van der Waals surface area contributed by atoms with E-state index in [1.54, 1.807) is 18.5 Å². The first-order chi connectivity index (χ1) is 11.4. The topological polar surface area (TPSA) is 93.2 Å². The van der Waals surface area contributed by atoms with Crippen LogP contribution >= 0.6 is 0 Å². The molecule has 1 amide bonds. The molecule has 24 heavy (non-hydrogen) atoms. The lowest BCUT2D eigenvalue weighted by Gasteiger charge is -2.07. The third-order valence-electron chi connectivity index (χ3n) is 4.05. The van der Waals surface area contributed by atoms with Gasteiger partial charge in [-0.2, -0.15) is 0 Å². The van der Waals surface area contributed by atoms with E-state index in [1.807, 2.05) is 6.07 Å². The van der Waals surface area contributed by atoms with Gasteiger partial charge >= 0.3 is 0 Å². The zero-order valence-corrected chi connectivity index (χ0v) is 13.8. The van der Waals surface area contributed by atoms with Crippen LogP contribution in [-0.4, -0.2) is 25.1 Å². The van der Waals surface area contributed by atoms with Gasteiger partial charge in [0.15, 0.2) is 5.78 Å². The van der Waals surface area contributed by atoms with Crippen molar-refractivity contribution in [2.75, 3.05) is 0 Å². The SMILES string of the molecule is CC(=O)c1ccc(S(=O)(=O)NC(=O)[C@@H]2C[C@H]2c2cccnc2)cc1. The van der Waals surface area contributed by atoms with Crippen molar-refractivity contribution < 1.29 is 18.0 Å². The third kappa shape index (κ3) is 3.35. The smallest absolute Gasteiger partial charge is 0.264 e. The number of amides is 1. The summed E-state index contributed by atoms with van der Waals surface area (Å²) in [5, 5.41) is 0. The van der Waals surface area contributed by atoms with Gasteiger partial charge in [-0.1, -0.05) is 18.2 Å². The Bertz CT molecular complexity index is 877. The van der Waals surface area contributed by atoms with E-state index in [1.165, 1.54) is 31.2 Å². The molecule has 1 fully saturated rings. The number of carbonyl (C=O) groups excluding carboxylic acids is 2. The van der Waals surface area contributed by atoms with Crippen LogP contribution in [0.4, 0.5) is 0 Å². The number of ketones is 1. The lowest BCUT2D eigenvalue weighted by molar-refractivity contribution is -0.120. The summed E-state index contributed by atoms with van der Waals surface area (Å²) in [7, 11) is -3.94. The molecule has 1 N–H and O–H groups in total. The Hall–Kier alpha value is -2.54. The van der Waals surface area contributed by atoms with Crippen molar-refractivity contribution in [1.29, 1.82) is 0 Å². The number of hydrogen-bond acceptors (Lipinski definition) is 5. The number of hydrogen-bond donors (Lipinski definition) is 1. The number of carbonyl (C=O) groups is 2. The molecule has 1 saturated carbocycles. The fourth-order valence-electron chi connectivity index (χ4n) is 2.58. The zero-order chi connectivity index (χ0) is 17.3. The van der Waals surface area contributed by atoms with Gasteiger partial charge in [0, 0.05) is 23.9 Å². The second-order valence-corrected chi connectivity index (χ2v) is 7.47. The van der Waals surface area contributed by atoms with Crippen LogP contribution in [-0.2, 0) is 14.8 Å². The first-order valence-electron chi connectivity index (χ1n) is 7.46. The quantitative estimate of drug-likeness (QED) is 0.836. The molecular formula is C17H16N2O4S. The summed E-state index contributed by atoms with van der Waals surface area (Å²) in [6.45, 7) is 1.40. The Morgan fingerprint density at radius 3 is 2.46 bits per heavy atom. The average molecular weight is 344 g/mol. The van der Waals surface area contributed by atoms with Crippen LogP contribution in [0.2, 0.25) is 0 Å². The number of nitrogens with one attached hydrogen (secondary N) is 1. The van der Waals surface area contributed by atoms with Crippen LogP contribution < -0.4 is 4.72 Å². The second kappa shape index (κ2) is 6.16. The van der Waals surface area contributed by atoms with E-state index in [-0.39, 0.29) is 22.5 Å². The van der Waals surface area contributed by atoms with Gasteiger partial charge in [0.1, 0.15) is 0 Å². The van der Waals surface area contributed by atoms with Crippen molar-refractivity contribution in [2.24, 2.45) is 5.92 Å². The molecule has 0 unspecified atom stereocenters. The van der Waals surface area contributed by atoms with Gasteiger partial charge in [0.2, 0.25) is 5.91 Å². The van der Waals surface area contributed by atoms with Crippen molar-refractivity contribution in [3.05, 3.63) is 59.9 Å². The van der Waals surface area contributed by atoms with E-state index in [9.17, 15) is 18.0 Å². The summed E-state index contributed by atoms with van der Waals surface area (Å²) < 4.78 is 26.7. The molecular weight excluding hydrogens is 328 g/mol. The van der Waals surface area contributed by atoms with Crippen molar-refractivity contribution in [1.82, 2.24) is 9.71 Å². The Morgan fingerprint density at radius 1 is 1.17 bits per heavy atom. The van der Waals surface area contributed by atoms with Gasteiger partial charge in [-0.05, 0) is 43.0 Å². The molecule has 2 aromatic rings. The highest BCUT2D eigenvalue weighted by Crippen LogP contribution is 2.47. The molecule has 1 aromatic carbocycles. The van der Waals surface area contributed by atoms with E-state index < -0.39 is 15.9 Å².